The molecule has 3 heterocycles. The van der Waals surface area contributed by atoms with E-state index < -0.39 is 6.43 Å². The van der Waals surface area contributed by atoms with Crippen LogP contribution in [0.4, 0.5) is 20.5 Å². The predicted molar refractivity (Wildman–Crippen MR) is 128 cm³/mol. The molecule has 2 fully saturated rings. The normalized spacial score (nSPS) is 23.6. The average molecular weight is 472 g/mol. The molecule has 3 aromatic rings. The third-order valence-corrected chi connectivity index (χ3v) is 6.81. The van der Waals surface area contributed by atoms with Crippen molar-refractivity contribution in [1.82, 2.24) is 19.5 Å². The van der Waals surface area contributed by atoms with E-state index in [0.29, 0.717) is 54.3 Å². The number of nitrogens with one attached hydrogen (secondary N) is 1. The summed E-state index contributed by atoms with van der Waals surface area (Å²) in [5, 5.41) is 3.38. The number of benzene rings is 1. The molecule has 1 aliphatic heterocycles. The number of nitrogens with two attached hydrogens (primary N) is 1. The minimum atomic E-state index is -2.74. The van der Waals surface area contributed by atoms with Gasteiger partial charge in [0.05, 0.1) is 30.3 Å². The lowest BCUT2D eigenvalue weighted by atomic mass is 9.86. The van der Waals surface area contributed by atoms with E-state index in [-0.39, 0.29) is 17.9 Å². The van der Waals surface area contributed by atoms with Gasteiger partial charge in [0.15, 0.2) is 5.82 Å². The highest BCUT2D eigenvalue weighted by molar-refractivity contribution is 5.78. The standard InChI is InChI=1S/C24H31F2N7O/c1-15-14-34-11-10-32(15)20-12-21(31-24(30-20)28-13-16-6-8-17(27)9-7-16)33-19-5-3-2-4-18(19)29-23(33)22(25)26/h2-5,12,15-17,22H,6-11,13-14,27H2,1H3,(H,28,30,31)/t15-,16?,17?/m1/s1. The summed E-state index contributed by atoms with van der Waals surface area (Å²) in [6.45, 7) is 4.63. The molecule has 0 radical (unpaired) electrons. The number of hydrogen-bond donors (Lipinski definition) is 2. The van der Waals surface area contributed by atoms with Crippen molar-refractivity contribution in [3.05, 3.63) is 36.2 Å². The number of aromatic nitrogens is 4. The first kappa shape index (κ1) is 22.9. The fourth-order valence-electron chi connectivity index (χ4n) is 4.89. The monoisotopic (exact) mass is 471 g/mol. The van der Waals surface area contributed by atoms with Gasteiger partial charge in [0.1, 0.15) is 11.6 Å². The molecule has 1 aliphatic carbocycles. The Bertz CT molecular complexity index is 1130. The highest BCUT2D eigenvalue weighted by Gasteiger charge is 2.26. The lowest BCUT2D eigenvalue weighted by Gasteiger charge is -2.34. The second-order valence-corrected chi connectivity index (χ2v) is 9.28. The maximum absolute atomic E-state index is 14.0. The Labute approximate surface area is 197 Å². The Morgan fingerprint density at radius 1 is 1.12 bits per heavy atom. The summed E-state index contributed by atoms with van der Waals surface area (Å²) in [7, 11) is 0. The Morgan fingerprint density at radius 3 is 2.65 bits per heavy atom. The SMILES string of the molecule is C[C@@H]1COCCN1c1cc(-n2c(C(F)F)nc3ccccc32)nc(NCC2CCC(N)CC2)n1. The highest BCUT2D eigenvalue weighted by atomic mass is 19.3. The number of halogens is 2. The molecule has 0 bridgehead atoms. The number of morpholine rings is 1. The molecular weight excluding hydrogens is 440 g/mol. The molecule has 2 aliphatic rings. The number of alkyl halides is 2. The number of imidazole rings is 1. The van der Waals surface area contributed by atoms with Gasteiger partial charge < -0.3 is 20.7 Å². The Morgan fingerprint density at radius 2 is 1.88 bits per heavy atom. The van der Waals surface area contributed by atoms with Crippen molar-refractivity contribution >= 4 is 22.8 Å². The molecule has 8 nitrogen and oxygen atoms in total. The Kier molecular flexibility index (Phi) is 6.60. The summed E-state index contributed by atoms with van der Waals surface area (Å²) in [4.78, 5) is 15.8. The van der Waals surface area contributed by atoms with Crippen molar-refractivity contribution in [2.45, 2.75) is 51.1 Å². The van der Waals surface area contributed by atoms with Crippen LogP contribution in [-0.2, 0) is 4.74 Å². The summed E-state index contributed by atoms with van der Waals surface area (Å²) in [6, 6.07) is 9.29. The van der Waals surface area contributed by atoms with E-state index in [2.05, 4.69) is 27.1 Å². The van der Waals surface area contributed by atoms with E-state index in [9.17, 15) is 8.78 Å². The van der Waals surface area contributed by atoms with Gasteiger partial charge in [-0.15, -0.1) is 0 Å². The van der Waals surface area contributed by atoms with Crippen LogP contribution in [0.2, 0.25) is 0 Å². The van der Waals surface area contributed by atoms with Crippen molar-refractivity contribution in [2.24, 2.45) is 11.7 Å². The van der Waals surface area contributed by atoms with E-state index in [1.807, 2.05) is 6.07 Å². The lowest BCUT2D eigenvalue weighted by Crippen LogP contribution is -2.44. The number of nitrogens with zero attached hydrogens (tertiary/aromatic N) is 5. The van der Waals surface area contributed by atoms with Crippen LogP contribution < -0.4 is 16.0 Å². The van der Waals surface area contributed by atoms with Gasteiger partial charge in [-0.1, -0.05) is 12.1 Å². The van der Waals surface area contributed by atoms with Gasteiger partial charge in [-0.05, 0) is 50.7 Å². The molecule has 2 aromatic heterocycles. The quantitative estimate of drug-likeness (QED) is 0.563. The van der Waals surface area contributed by atoms with E-state index in [1.165, 1.54) is 4.57 Å². The van der Waals surface area contributed by atoms with Crippen LogP contribution in [0.3, 0.4) is 0 Å². The number of hydrogen-bond acceptors (Lipinski definition) is 7. The molecule has 1 saturated heterocycles. The Hall–Kier alpha value is -2.85. The topological polar surface area (TPSA) is 94.1 Å². The fourth-order valence-corrected chi connectivity index (χ4v) is 4.89. The third kappa shape index (κ3) is 4.69. The van der Waals surface area contributed by atoms with Gasteiger partial charge in [-0.25, -0.2) is 13.8 Å². The van der Waals surface area contributed by atoms with Gasteiger partial charge in [0.25, 0.3) is 6.43 Å². The molecular formula is C24H31F2N7O. The highest BCUT2D eigenvalue weighted by Crippen LogP contribution is 2.30. The number of ether oxygens (including phenoxy) is 1. The Balaban J connectivity index is 1.54. The zero-order chi connectivity index (χ0) is 23.7. The predicted octanol–water partition coefficient (Wildman–Crippen LogP) is 3.91. The number of rotatable bonds is 6. The van der Waals surface area contributed by atoms with Crippen LogP contribution >= 0.6 is 0 Å². The smallest absolute Gasteiger partial charge is 0.296 e. The summed E-state index contributed by atoms with van der Waals surface area (Å²) >= 11 is 0. The van der Waals surface area contributed by atoms with Gasteiger partial charge in [-0.2, -0.15) is 9.97 Å². The first-order valence-electron chi connectivity index (χ1n) is 12.0. The van der Waals surface area contributed by atoms with Crippen molar-refractivity contribution in [1.29, 1.82) is 0 Å². The molecule has 0 spiro atoms. The first-order chi connectivity index (χ1) is 16.5. The van der Waals surface area contributed by atoms with Gasteiger partial charge in [0, 0.05) is 25.2 Å². The lowest BCUT2D eigenvalue weighted by molar-refractivity contribution is 0.0985. The molecule has 34 heavy (non-hydrogen) atoms. The van der Waals surface area contributed by atoms with Crippen LogP contribution in [0, 0.1) is 5.92 Å². The first-order valence-corrected chi connectivity index (χ1v) is 12.0. The maximum Gasteiger partial charge on any atom is 0.296 e. The molecule has 1 atom stereocenters. The molecule has 1 saturated carbocycles. The van der Waals surface area contributed by atoms with Crippen LogP contribution in [-0.4, -0.2) is 57.9 Å². The van der Waals surface area contributed by atoms with E-state index in [4.69, 9.17) is 15.5 Å². The zero-order valence-electron chi connectivity index (χ0n) is 19.3. The van der Waals surface area contributed by atoms with Gasteiger partial charge >= 0.3 is 0 Å². The number of para-hydroxylation sites is 2. The molecule has 0 amide bonds. The minimum absolute atomic E-state index is 0.110. The summed E-state index contributed by atoms with van der Waals surface area (Å²) in [5.41, 5.74) is 7.14. The third-order valence-electron chi connectivity index (χ3n) is 6.81. The minimum Gasteiger partial charge on any atom is -0.377 e. The molecule has 182 valence electrons. The molecule has 10 heteroatoms. The number of fused-ring (bicyclic) bond motifs is 1. The van der Waals surface area contributed by atoms with E-state index in [0.717, 1.165) is 32.2 Å². The van der Waals surface area contributed by atoms with Crippen LogP contribution in [0.15, 0.2) is 30.3 Å². The molecule has 5 rings (SSSR count). The van der Waals surface area contributed by atoms with Crippen molar-refractivity contribution in [2.75, 3.05) is 36.5 Å². The van der Waals surface area contributed by atoms with Crippen molar-refractivity contribution < 1.29 is 13.5 Å². The second kappa shape index (κ2) is 9.79. The van der Waals surface area contributed by atoms with Crippen LogP contribution in [0.1, 0.15) is 44.9 Å². The molecule has 1 aromatic carbocycles. The van der Waals surface area contributed by atoms with Crippen LogP contribution in [0.25, 0.3) is 16.9 Å². The van der Waals surface area contributed by atoms with Gasteiger partial charge in [0.2, 0.25) is 5.95 Å². The molecule has 3 N–H and O–H groups in total. The second-order valence-electron chi connectivity index (χ2n) is 9.28. The number of anilines is 2. The van der Waals surface area contributed by atoms with E-state index in [1.54, 1.807) is 24.3 Å². The van der Waals surface area contributed by atoms with Crippen molar-refractivity contribution in [3.63, 3.8) is 0 Å². The largest absolute Gasteiger partial charge is 0.377 e. The van der Waals surface area contributed by atoms with Gasteiger partial charge in [-0.3, -0.25) is 4.57 Å². The van der Waals surface area contributed by atoms with E-state index >= 15 is 0 Å². The average Bonchev–Trinajstić information content (AvgIpc) is 3.24. The molecule has 0 unspecified atom stereocenters. The zero-order valence-corrected chi connectivity index (χ0v) is 19.3. The fraction of sp³-hybridized carbons (Fsp3) is 0.542. The summed E-state index contributed by atoms with van der Waals surface area (Å²) in [5.74, 6) is 1.66. The van der Waals surface area contributed by atoms with Crippen molar-refractivity contribution in [3.8, 4) is 5.82 Å². The summed E-state index contributed by atoms with van der Waals surface area (Å²) < 4.78 is 35.1. The van der Waals surface area contributed by atoms with Crippen LogP contribution in [0.5, 0.6) is 0 Å². The maximum atomic E-state index is 14.0. The summed E-state index contributed by atoms with van der Waals surface area (Å²) in [6.07, 6.45) is 1.41.